The van der Waals surface area contributed by atoms with Crippen molar-refractivity contribution in [2.45, 2.75) is 38.5 Å². The Morgan fingerprint density at radius 1 is 1.09 bits per heavy atom. The van der Waals surface area contributed by atoms with E-state index in [9.17, 15) is 31.9 Å². The zero-order valence-electron chi connectivity index (χ0n) is 18.8. The number of ether oxygens (including phenoxy) is 1. The largest absolute Gasteiger partial charge is 0.493 e. The summed E-state index contributed by atoms with van der Waals surface area (Å²) in [5.74, 6) is -4.22. The number of H-pyrrole nitrogens is 1. The molecule has 0 spiro atoms. The number of aromatic amines is 1. The van der Waals surface area contributed by atoms with Crippen molar-refractivity contribution in [3.63, 3.8) is 0 Å². The summed E-state index contributed by atoms with van der Waals surface area (Å²) in [5, 5.41) is 10.9. The number of nitrogens with one attached hydrogen (secondary N) is 1. The Labute approximate surface area is 191 Å². The molecule has 0 saturated carbocycles. The van der Waals surface area contributed by atoms with Crippen molar-refractivity contribution in [2.24, 2.45) is 10.9 Å². The first-order valence-corrected chi connectivity index (χ1v) is 10.3. The summed E-state index contributed by atoms with van der Waals surface area (Å²) in [7, 11) is 1.21. The predicted octanol–water partition coefficient (Wildman–Crippen LogP) is 5.56. The predicted molar refractivity (Wildman–Crippen MR) is 119 cm³/mol. The minimum absolute atomic E-state index is 0.0587. The SMILES string of the molecule is COc1c(C(C)C(C)C(O)(/C=N/c2ccc(F)c3[nH]c(=O)ccc23)C(F)(F)F)ccc(C)c1F. The van der Waals surface area contributed by atoms with E-state index in [0.29, 0.717) is 6.21 Å². The summed E-state index contributed by atoms with van der Waals surface area (Å²) in [5.41, 5.74) is -3.93. The lowest BCUT2D eigenvalue weighted by Gasteiger charge is -2.36. The molecule has 0 aliphatic heterocycles. The van der Waals surface area contributed by atoms with Gasteiger partial charge in [-0.3, -0.25) is 9.79 Å². The maximum Gasteiger partial charge on any atom is 0.422 e. The van der Waals surface area contributed by atoms with Crippen molar-refractivity contribution in [3.8, 4) is 5.75 Å². The number of fused-ring (bicyclic) bond motifs is 1. The van der Waals surface area contributed by atoms with Crippen molar-refractivity contribution in [3.05, 3.63) is 69.5 Å². The minimum Gasteiger partial charge on any atom is -0.493 e. The Morgan fingerprint density at radius 3 is 2.38 bits per heavy atom. The van der Waals surface area contributed by atoms with E-state index in [1.807, 2.05) is 0 Å². The van der Waals surface area contributed by atoms with E-state index >= 15 is 0 Å². The number of hydrogen-bond acceptors (Lipinski definition) is 4. The second-order valence-corrected chi connectivity index (χ2v) is 8.16. The maximum absolute atomic E-state index is 14.5. The van der Waals surface area contributed by atoms with Gasteiger partial charge in [0, 0.05) is 29.1 Å². The van der Waals surface area contributed by atoms with E-state index in [1.54, 1.807) is 0 Å². The second-order valence-electron chi connectivity index (χ2n) is 8.16. The molecule has 3 aromatic rings. The fraction of sp³-hybridized carbons (Fsp3) is 0.333. The third-order valence-electron chi connectivity index (χ3n) is 6.14. The van der Waals surface area contributed by atoms with Crippen LogP contribution in [0, 0.1) is 24.5 Å². The normalized spacial score (nSPS) is 15.9. The Balaban J connectivity index is 2.09. The van der Waals surface area contributed by atoms with E-state index in [1.165, 1.54) is 46.1 Å². The molecule has 3 unspecified atom stereocenters. The van der Waals surface area contributed by atoms with Crippen LogP contribution in [0.2, 0.25) is 0 Å². The van der Waals surface area contributed by atoms with Crippen molar-refractivity contribution >= 4 is 22.8 Å². The molecular formula is C24H23F5N2O3. The minimum atomic E-state index is -5.15. The van der Waals surface area contributed by atoms with Crippen LogP contribution in [0.3, 0.4) is 0 Å². The molecule has 5 nitrogen and oxygen atoms in total. The highest BCUT2D eigenvalue weighted by atomic mass is 19.4. The van der Waals surface area contributed by atoms with Gasteiger partial charge in [-0.15, -0.1) is 0 Å². The first-order chi connectivity index (χ1) is 15.8. The highest BCUT2D eigenvalue weighted by Gasteiger charge is 2.57. The second kappa shape index (κ2) is 9.17. The van der Waals surface area contributed by atoms with E-state index < -0.39 is 40.8 Å². The van der Waals surface area contributed by atoms with Gasteiger partial charge in [-0.25, -0.2) is 8.78 Å². The number of hydrogen-bond donors (Lipinski definition) is 2. The highest BCUT2D eigenvalue weighted by Crippen LogP contribution is 2.44. The van der Waals surface area contributed by atoms with Gasteiger partial charge in [0.2, 0.25) is 5.56 Å². The van der Waals surface area contributed by atoms with E-state index in [-0.39, 0.29) is 33.5 Å². The molecule has 0 bridgehead atoms. The quantitative estimate of drug-likeness (QED) is 0.357. The van der Waals surface area contributed by atoms with Gasteiger partial charge in [0.25, 0.3) is 0 Å². The number of alkyl halides is 3. The van der Waals surface area contributed by atoms with Gasteiger partial charge in [0.05, 0.1) is 18.3 Å². The van der Waals surface area contributed by atoms with Crippen molar-refractivity contribution in [1.29, 1.82) is 0 Å². The smallest absolute Gasteiger partial charge is 0.422 e. The highest BCUT2D eigenvalue weighted by molar-refractivity contribution is 5.92. The van der Waals surface area contributed by atoms with E-state index in [2.05, 4.69) is 9.98 Å². The summed E-state index contributed by atoms with van der Waals surface area (Å²) in [6.07, 6.45) is -4.80. The summed E-state index contributed by atoms with van der Waals surface area (Å²) >= 11 is 0. The Bertz CT molecular complexity index is 1300. The Morgan fingerprint density at radius 2 is 1.76 bits per heavy atom. The fourth-order valence-corrected chi connectivity index (χ4v) is 3.82. The molecule has 34 heavy (non-hydrogen) atoms. The Kier molecular flexibility index (Phi) is 6.84. The van der Waals surface area contributed by atoms with E-state index in [0.717, 1.165) is 18.2 Å². The molecule has 2 N–H and O–H groups in total. The van der Waals surface area contributed by atoms with Gasteiger partial charge >= 0.3 is 6.18 Å². The summed E-state index contributed by atoms with van der Waals surface area (Å²) < 4.78 is 76.1. The lowest BCUT2D eigenvalue weighted by Crippen LogP contribution is -2.53. The zero-order chi connectivity index (χ0) is 25.4. The van der Waals surface area contributed by atoms with Gasteiger partial charge in [-0.05, 0) is 36.6 Å². The standard InChI is InChI=1S/C24H23F5N2O3/c1-12-5-6-15(22(34-4)20(12)26)13(2)14(3)23(33,24(27,28)29)11-30-18-9-8-17(25)21-16(18)7-10-19(32)31-21/h5-11,13-14,33H,1-4H3,(H,31,32)/b30-11+. The summed E-state index contributed by atoms with van der Waals surface area (Å²) in [6, 6.07) is 7.26. The van der Waals surface area contributed by atoms with Gasteiger partial charge in [-0.2, -0.15) is 13.2 Å². The van der Waals surface area contributed by atoms with Crippen molar-refractivity contribution in [2.75, 3.05) is 7.11 Å². The number of aliphatic hydroxyl groups is 1. The topological polar surface area (TPSA) is 74.7 Å². The van der Waals surface area contributed by atoms with Gasteiger partial charge in [0.15, 0.2) is 17.2 Å². The molecule has 0 aliphatic rings. The third kappa shape index (κ3) is 4.42. The number of aliphatic imine (C=N–C) groups is 1. The van der Waals surface area contributed by atoms with Gasteiger partial charge < -0.3 is 14.8 Å². The molecule has 3 rings (SSSR count). The molecule has 1 heterocycles. The third-order valence-corrected chi connectivity index (χ3v) is 6.14. The number of rotatable bonds is 6. The molecule has 0 fully saturated rings. The molecule has 1 aromatic heterocycles. The molecular weight excluding hydrogens is 459 g/mol. The first kappa shape index (κ1) is 25.4. The molecule has 0 radical (unpaired) electrons. The molecule has 3 atom stereocenters. The lowest BCUT2D eigenvalue weighted by atomic mass is 9.76. The van der Waals surface area contributed by atoms with Crippen LogP contribution in [-0.4, -0.2) is 35.2 Å². The summed E-state index contributed by atoms with van der Waals surface area (Å²) in [6.45, 7) is 4.08. The van der Waals surface area contributed by atoms with Crippen LogP contribution in [0.5, 0.6) is 5.75 Å². The average Bonchev–Trinajstić information content (AvgIpc) is 2.78. The zero-order valence-corrected chi connectivity index (χ0v) is 18.8. The van der Waals surface area contributed by atoms with Crippen LogP contribution in [-0.2, 0) is 0 Å². The number of pyridine rings is 1. The van der Waals surface area contributed by atoms with Crippen LogP contribution in [0.4, 0.5) is 27.6 Å². The number of halogens is 5. The van der Waals surface area contributed by atoms with Crippen molar-refractivity contribution in [1.82, 2.24) is 4.98 Å². The lowest BCUT2D eigenvalue weighted by molar-refractivity contribution is -0.246. The molecule has 10 heteroatoms. The van der Waals surface area contributed by atoms with Crippen LogP contribution in [0.15, 0.2) is 46.2 Å². The average molecular weight is 482 g/mol. The number of benzene rings is 2. The van der Waals surface area contributed by atoms with Crippen LogP contribution < -0.4 is 10.3 Å². The summed E-state index contributed by atoms with van der Waals surface area (Å²) in [4.78, 5) is 17.6. The van der Waals surface area contributed by atoms with Gasteiger partial charge in [0.1, 0.15) is 5.82 Å². The first-order valence-electron chi connectivity index (χ1n) is 10.3. The van der Waals surface area contributed by atoms with Crippen molar-refractivity contribution < 1.29 is 31.8 Å². The molecule has 182 valence electrons. The van der Waals surface area contributed by atoms with Crippen LogP contribution >= 0.6 is 0 Å². The monoisotopic (exact) mass is 482 g/mol. The molecule has 0 saturated heterocycles. The fourth-order valence-electron chi connectivity index (χ4n) is 3.82. The molecule has 0 aliphatic carbocycles. The number of nitrogens with zero attached hydrogens (tertiary/aromatic N) is 1. The van der Waals surface area contributed by atoms with Crippen LogP contribution in [0.25, 0.3) is 10.9 Å². The van der Waals surface area contributed by atoms with Gasteiger partial charge in [-0.1, -0.05) is 26.0 Å². The Hall–Kier alpha value is -3.27. The number of aryl methyl sites for hydroxylation is 1. The van der Waals surface area contributed by atoms with Crippen LogP contribution in [0.1, 0.15) is 30.9 Å². The molecule has 2 aromatic carbocycles. The van der Waals surface area contributed by atoms with E-state index in [4.69, 9.17) is 4.74 Å². The molecule has 0 amide bonds. The maximum atomic E-state index is 14.5. The number of aromatic nitrogens is 1. The number of methoxy groups -OCH3 is 1.